The molecule has 7 aromatic rings. The smallest absolute Gasteiger partial charge is 0.304 e. The van der Waals surface area contributed by atoms with Crippen molar-refractivity contribution >= 4 is 56.7 Å². The molecule has 11 rings (SSSR count). The molecule has 7 N–H and O–H groups in total. The maximum absolute atomic E-state index is 13.2. The molecule has 7 aromatic carbocycles. The van der Waals surface area contributed by atoms with Crippen molar-refractivity contribution in [1.29, 1.82) is 0 Å². The van der Waals surface area contributed by atoms with Gasteiger partial charge in [-0.2, -0.15) is 0 Å². The fraction of sp³-hybridized carbons (Fsp3) is 0.410. The van der Waals surface area contributed by atoms with Gasteiger partial charge in [0.25, 0.3) is 0 Å². The van der Waals surface area contributed by atoms with Gasteiger partial charge in [-0.05, 0) is 183 Å². The fourth-order valence-electron chi connectivity index (χ4n) is 11.3. The summed E-state index contributed by atoms with van der Waals surface area (Å²) in [5.74, 6) is -3.75. The van der Waals surface area contributed by atoms with Gasteiger partial charge < -0.3 is 65.5 Å². The van der Waals surface area contributed by atoms with Gasteiger partial charge in [-0.3, -0.25) is 19.2 Å². The molecule has 25 heteroatoms. The van der Waals surface area contributed by atoms with Crippen molar-refractivity contribution in [2.75, 3.05) is 120 Å². The van der Waals surface area contributed by atoms with Crippen molar-refractivity contribution in [3.05, 3.63) is 233 Å². The minimum atomic E-state index is -0.773. The quantitative estimate of drug-likeness (QED) is 0.0224. The molecule has 0 aliphatic carbocycles. The van der Waals surface area contributed by atoms with Gasteiger partial charge in [0.05, 0.1) is 37.3 Å². The standard InChI is InChI=1S/2C21H24F2N2O2.C15H20FNO3.C12H16FNO.C6H6FN.C3H5BrO2/c2*22-17-7-5-16(6-8-17)13-20-15-25(10-2-12-27-20)11-9-21(26)24-19-4-1-3-18(23)14-19;16-13-4-2-12(3-5-13)10-14-11-17(7-1-9-20-14)8-6-15(18)19;13-11-4-2-10(3-5-11)8-12-9-14-6-1-7-15-12;7-5-2-1-3-6(8)4-5;4-2-1-3(5)6/h2*1,3-8,14,20H,2,9-13,15H2,(H,24,26);2-5,14H,1,6-11H2,(H,18,19);2-5,12,14H,1,6-9H2;1-4H,8H2;1-2H2,(H,5,6). The van der Waals surface area contributed by atoms with Crippen molar-refractivity contribution in [1.82, 2.24) is 20.0 Å². The summed E-state index contributed by atoms with van der Waals surface area (Å²) in [6, 6.07) is 43.6. The lowest BCUT2D eigenvalue weighted by atomic mass is 10.1. The lowest BCUT2D eigenvalue weighted by Crippen LogP contribution is -2.35. The number of ether oxygens (including phenoxy) is 4. The van der Waals surface area contributed by atoms with Crippen molar-refractivity contribution in [2.45, 2.75) is 101 Å². The lowest BCUT2D eigenvalue weighted by molar-refractivity contribution is -0.138. The molecular formula is C78H95BrF7N7O10. The summed E-state index contributed by atoms with van der Waals surface area (Å²) >= 11 is 2.97. The molecular weight excluding hydrogens is 1410 g/mol. The third kappa shape index (κ3) is 37.2. The van der Waals surface area contributed by atoms with Crippen LogP contribution in [0.2, 0.25) is 0 Å². The number of hydrogen-bond acceptors (Lipinski definition) is 13. The number of alkyl halides is 1. The third-order valence-corrected chi connectivity index (χ3v) is 16.8. The van der Waals surface area contributed by atoms with E-state index >= 15 is 0 Å². The Morgan fingerprint density at radius 3 is 1.08 bits per heavy atom. The summed E-state index contributed by atoms with van der Waals surface area (Å²) < 4.78 is 113. The molecule has 4 fully saturated rings. The minimum Gasteiger partial charge on any atom is -0.481 e. The molecule has 4 atom stereocenters. The average Bonchev–Trinajstić information content (AvgIpc) is 1.89. The molecule has 17 nitrogen and oxygen atoms in total. The molecule has 4 heterocycles. The number of carboxylic acids is 2. The van der Waals surface area contributed by atoms with Crippen LogP contribution in [0, 0.1) is 40.7 Å². The van der Waals surface area contributed by atoms with E-state index in [1.165, 1.54) is 84.9 Å². The molecule has 0 bridgehead atoms. The number of halogens is 8. The zero-order chi connectivity index (χ0) is 74.0. The Bertz CT molecular complexity index is 3420. The lowest BCUT2D eigenvalue weighted by Gasteiger charge is -2.23. The normalized spacial score (nSPS) is 17.9. The van der Waals surface area contributed by atoms with Crippen molar-refractivity contribution in [3.8, 4) is 0 Å². The van der Waals surface area contributed by atoms with E-state index in [1.54, 1.807) is 72.8 Å². The molecule has 0 spiro atoms. The van der Waals surface area contributed by atoms with Crippen LogP contribution in [-0.4, -0.2) is 177 Å². The predicted octanol–water partition coefficient (Wildman–Crippen LogP) is 13.2. The van der Waals surface area contributed by atoms with Crippen LogP contribution in [0.4, 0.5) is 47.8 Å². The van der Waals surface area contributed by atoms with E-state index < -0.39 is 11.9 Å². The zero-order valence-corrected chi connectivity index (χ0v) is 59.5. The number of rotatable bonds is 21. The molecule has 0 radical (unpaired) electrons. The number of carboxylic acid groups (broad SMARTS) is 2. The maximum Gasteiger partial charge on any atom is 0.304 e. The second-order valence-corrected chi connectivity index (χ2v) is 25.8. The van der Waals surface area contributed by atoms with Crippen LogP contribution in [0.3, 0.4) is 0 Å². The van der Waals surface area contributed by atoms with Gasteiger partial charge in [0.15, 0.2) is 0 Å². The SMILES string of the molecule is Fc1ccc(CC2CNCCCO2)cc1.Nc1cccc(F)c1.O=C(CCN1CCCOC(Cc2ccc(F)cc2)C1)Nc1cccc(F)c1.O=C(CCN1CCCOC(Cc2ccc(F)cc2)C1)Nc1cccc(F)c1.O=C(O)CCBr.O=C(O)CCN1CCCOC(Cc2ccc(F)cc2)C1. The van der Waals surface area contributed by atoms with Gasteiger partial charge in [0.2, 0.25) is 11.8 Å². The van der Waals surface area contributed by atoms with E-state index in [2.05, 4.69) is 46.6 Å². The molecule has 4 unspecified atom stereocenters. The number of nitrogens with two attached hydrogens (primary N) is 1. The van der Waals surface area contributed by atoms with Crippen LogP contribution >= 0.6 is 15.9 Å². The number of nitrogens with zero attached hydrogens (tertiary/aromatic N) is 3. The number of benzene rings is 7. The third-order valence-electron chi connectivity index (χ3n) is 16.4. The predicted molar refractivity (Wildman–Crippen MR) is 388 cm³/mol. The van der Waals surface area contributed by atoms with E-state index in [-0.39, 0.29) is 89.8 Å². The molecule has 103 heavy (non-hydrogen) atoms. The Hall–Kier alpha value is -8.11. The van der Waals surface area contributed by atoms with Gasteiger partial charge in [-0.25, -0.2) is 30.7 Å². The largest absolute Gasteiger partial charge is 0.481 e. The van der Waals surface area contributed by atoms with E-state index in [0.29, 0.717) is 87.5 Å². The molecule has 4 saturated heterocycles. The highest BCUT2D eigenvalue weighted by atomic mass is 79.9. The maximum atomic E-state index is 13.2. The Balaban J connectivity index is 0.000000206. The van der Waals surface area contributed by atoms with Gasteiger partial charge in [0.1, 0.15) is 40.7 Å². The van der Waals surface area contributed by atoms with Crippen LogP contribution < -0.4 is 21.7 Å². The van der Waals surface area contributed by atoms with Crippen molar-refractivity contribution < 1.29 is 79.1 Å². The highest BCUT2D eigenvalue weighted by molar-refractivity contribution is 9.09. The number of carbonyl (C=O) groups excluding carboxylic acids is 2. The van der Waals surface area contributed by atoms with Gasteiger partial charge in [0, 0.05) is 127 Å². The molecule has 4 aliphatic heterocycles. The van der Waals surface area contributed by atoms with Crippen molar-refractivity contribution in [2.24, 2.45) is 0 Å². The van der Waals surface area contributed by atoms with Crippen LogP contribution in [-0.2, 0) is 63.8 Å². The molecule has 2 amide bonds. The Kier molecular flexibility index (Phi) is 39.1. The summed E-state index contributed by atoms with van der Waals surface area (Å²) in [6.07, 6.45) is 8.14. The zero-order valence-electron chi connectivity index (χ0n) is 57.9. The summed E-state index contributed by atoms with van der Waals surface area (Å²) in [5.41, 5.74) is 10.9. The number of aliphatic carboxylic acids is 2. The monoisotopic (exact) mass is 1500 g/mol. The van der Waals surface area contributed by atoms with E-state index in [1.807, 2.05) is 12.1 Å². The van der Waals surface area contributed by atoms with Crippen LogP contribution in [0.1, 0.15) is 73.6 Å². The second kappa shape index (κ2) is 48.0. The topological polar surface area (TPSA) is 217 Å². The first-order chi connectivity index (χ1) is 49.7. The van der Waals surface area contributed by atoms with Gasteiger partial charge in [-0.1, -0.05) is 82.7 Å². The number of nitrogens with one attached hydrogen (secondary N) is 3. The van der Waals surface area contributed by atoms with Crippen LogP contribution in [0.5, 0.6) is 0 Å². The molecule has 4 aliphatic rings. The number of anilines is 3. The van der Waals surface area contributed by atoms with E-state index in [9.17, 15) is 49.9 Å². The minimum absolute atomic E-state index is 0.0178. The fourth-order valence-corrected chi connectivity index (χ4v) is 11.6. The Labute approximate surface area is 607 Å². The van der Waals surface area contributed by atoms with Crippen molar-refractivity contribution in [3.63, 3.8) is 0 Å². The Morgan fingerprint density at radius 2 is 0.757 bits per heavy atom. The Morgan fingerprint density at radius 1 is 0.427 bits per heavy atom. The van der Waals surface area contributed by atoms with Crippen LogP contribution in [0.15, 0.2) is 170 Å². The van der Waals surface area contributed by atoms with Gasteiger partial charge in [-0.15, -0.1) is 0 Å². The highest BCUT2D eigenvalue weighted by Crippen LogP contribution is 2.19. The van der Waals surface area contributed by atoms with E-state index in [0.717, 1.165) is 120 Å². The number of amides is 2. The molecule has 558 valence electrons. The van der Waals surface area contributed by atoms with Gasteiger partial charge >= 0.3 is 11.9 Å². The second-order valence-electron chi connectivity index (χ2n) is 25.0. The first-order valence-electron chi connectivity index (χ1n) is 34.6. The summed E-state index contributed by atoms with van der Waals surface area (Å²) in [4.78, 5) is 51.0. The molecule has 0 aromatic heterocycles. The van der Waals surface area contributed by atoms with E-state index in [4.69, 9.17) is 34.9 Å². The summed E-state index contributed by atoms with van der Waals surface area (Å²) in [6.45, 7) is 11.3. The summed E-state index contributed by atoms with van der Waals surface area (Å²) in [5, 5.41) is 25.9. The van der Waals surface area contributed by atoms with Crippen LogP contribution in [0.25, 0.3) is 0 Å². The first-order valence-corrected chi connectivity index (χ1v) is 35.8. The number of carbonyl (C=O) groups is 4. The number of hydrogen-bond donors (Lipinski definition) is 6. The average molecular weight is 1500 g/mol. The summed E-state index contributed by atoms with van der Waals surface area (Å²) in [7, 11) is 0. The highest BCUT2D eigenvalue weighted by Gasteiger charge is 2.23. The molecule has 0 saturated carbocycles. The first kappa shape index (κ1) is 83.8. The number of nitrogen functional groups attached to an aromatic ring is 1.